The summed E-state index contributed by atoms with van der Waals surface area (Å²) in [4.78, 5) is 17.1. The van der Waals surface area contributed by atoms with Crippen LogP contribution in [0, 0.1) is 0 Å². The molecule has 30 heavy (non-hydrogen) atoms. The molecule has 5 rings (SSSR count). The summed E-state index contributed by atoms with van der Waals surface area (Å²) < 4.78 is 3.69. The molecule has 0 aliphatic carbocycles. The number of aryl methyl sites for hydroxylation is 1. The third-order valence-electron chi connectivity index (χ3n) is 5.55. The molecule has 1 saturated heterocycles. The van der Waals surface area contributed by atoms with Gasteiger partial charge in [0.05, 0.1) is 24.0 Å². The normalized spacial score (nSPS) is 14.8. The smallest absolute Gasteiger partial charge is 0.260 e. The van der Waals surface area contributed by atoms with Gasteiger partial charge in [0.1, 0.15) is 5.82 Å². The number of fused-ring (bicyclic) bond motifs is 1. The van der Waals surface area contributed by atoms with Gasteiger partial charge in [0.15, 0.2) is 0 Å². The lowest BCUT2D eigenvalue weighted by molar-refractivity contribution is 0.102. The molecule has 0 bridgehead atoms. The van der Waals surface area contributed by atoms with Crippen molar-refractivity contribution in [3.8, 4) is 11.1 Å². The molecule has 3 aromatic heterocycles. The zero-order valence-corrected chi connectivity index (χ0v) is 16.7. The van der Waals surface area contributed by atoms with Gasteiger partial charge in [0.25, 0.3) is 5.91 Å². The molecule has 1 amide bonds. The van der Waals surface area contributed by atoms with E-state index < -0.39 is 0 Å². The van der Waals surface area contributed by atoms with Crippen LogP contribution in [-0.4, -0.2) is 43.5 Å². The fourth-order valence-electron chi connectivity index (χ4n) is 3.87. The first-order valence-corrected chi connectivity index (χ1v) is 10.1. The van der Waals surface area contributed by atoms with Gasteiger partial charge in [-0.2, -0.15) is 10.2 Å². The minimum absolute atomic E-state index is 0.203. The first-order chi connectivity index (χ1) is 14.7. The van der Waals surface area contributed by atoms with E-state index >= 15 is 0 Å². The van der Waals surface area contributed by atoms with Crippen molar-refractivity contribution in [2.45, 2.75) is 18.9 Å². The van der Waals surface area contributed by atoms with E-state index in [0.29, 0.717) is 17.4 Å². The number of anilines is 1. The van der Waals surface area contributed by atoms with Gasteiger partial charge in [0.2, 0.25) is 0 Å². The second-order valence-corrected chi connectivity index (χ2v) is 7.68. The van der Waals surface area contributed by atoms with Crippen molar-refractivity contribution in [1.82, 2.24) is 29.9 Å². The highest BCUT2D eigenvalue weighted by atomic mass is 16.1. The predicted molar refractivity (Wildman–Crippen MR) is 115 cm³/mol. The fourth-order valence-corrected chi connectivity index (χ4v) is 3.87. The van der Waals surface area contributed by atoms with E-state index in [2.05, 4.69) is 37.9 Å². The zero-order chi connectivity index (χ0) is 20.5. The average molecular weight is 401 g/mol. The van der Waals surface area contributed by atoms with Crippen molar-refractivity contribution in [2.75, 3.05) is 18.4 Å². The third kappa shape index (κ3) is 3.69. The summed E-state index contributed by atoms with van der Waals surface area (Å²) in [5, 5.41) is 16.9. The van der Waals surface area contributed by atoms with E-state index in [1.165, 1.54) is 0 Å². The maximum absolute atomic E-state index is 12.7. The molecule has 152 valence electrons. The lowest BCUT2D eigenvalue weighted by Gasteiger charge is -2.22. The van der Waals surface area contributed by atoms with E-state index in [4.69, 9.17) is 0 Å². The molecular formula is C22H23N7O. The standard InChI is InChI=1S/C22H23N7O/c1-28-13-18(11-25-28)15-2-3-16-10-24-21(9-17(16)8-15)27-22(30)19-12-26-29(14-19)20-4-6-23-7-5-20/h2-3,8-14,20,23H,4-7H2,1H3,(H,24,27,30). The maximum Gasteiger partial charge on any atom is 0.260 e. The van der Waals surface area contributed by atoms with Gasteiger partial charge in [-0.3, -0.25) is 14.2 Å². The van der Waals surface area contributed by atoms with E-state index in [1.54, 1.807) is 17.1 Å². The summed E-state index contributed by atoms with van der Waals surface area (Å²) in [6.07, 6.45) is 11.1. The summed E-state index contributed by atoms with van der Waals surface area (Å²) in [7, 11) is 1.90. The molecule has 2 N–H and O–H groups in total. The van der Waals surface area contributed by atoms with E-state index in [-0.39, 0.29) is 5.91 Å². The van der Waals surface area contributed by atoms with Crippen molar-refractivity contribution < 1.29 is 4.79 Å². The number of carbonyl (C=O) groups is 1. The van der Waals surface area contributed by atoms with Gasteiger partial charge in [0, 0.05) is 36.6 Å². The van der Waals surface area contributed by atoms with Crippen LogP contribution in [0.5, 0.6) is 0 Å². The summed E-state index contributed by atoms with van der Waals surface area (Å²) in [6.45, 7) is 1.96. The molecule has 8 nitrogen and oxygen atoms in total. The highest BCUT2D eigenvalue weighted by Crippen LogP contribution is 2.25. The van der Waals surface area contributed by atoms with Crippen LogP contribution in [0.2, 0.25) is 0 Å². The molecule has 0 atom stereocenters. The number of nitrogens with zero attached hydrogens (tertiary/aromatic N) is 5. The number of piperidine rings is 1. The van der Waals surface area contributed by atoms with Crippen LogP contribution in [-0.2, 0) is 7.05 Å². The van der Waals surface area contributed by atoms with Crippen LogP contribution < -0.4 is 10.6 Å². The van der Waals surface area contributed by atoms with Gasteiger partial charge >= 0.3 is 0 Å². The van der Waals surface area contributed by atoms with Crippen molar-refractivity contribution in [3.05, 3.63) is 60.8 Å². The van der Waals surface area contributed by atoms with Gasteiger partial charge in [-0.15, -0.1) is 0 Å². The number of carbonyl (C=O) groups excluding carboxylic acids is 1. The lowest BCUT2D eigenvalue weighted by atomic mass is 10.1. The molecule has 1 aromatic carbocycles. The number of hydrogen-bond acceptors (Lipinski definition) is 5. The van der Waals surface area contributed by atoms with Gasteiger partial charge in [-0.05, 0) is 49.0 Å². The van der Waals surface area contributed by atoms with Crippen LogP contribution in [0.25, 0.3) is 21.9 Å². The monoisotopic (exact) mass is 401 g/mol. The summed E-state index contributed by atoms with van der Waals surface area (Å²) in [5.41, 5.74) is 2.66. The Kier molecular flexibility index (Phi) is 4.76. The van der Waals surface area contributed by atoms with Crippen LogP contribution >= 0.6 is 0 Å². The Balaban J connectivity index is 1.35. The first-order valence-electron chi connectivity index (χ1n) is 10.1. The third-order valence-corrected chi connectivity index (χ3v) is 5.55. The Morgan fingerprint density at radius 2 is 1.90 bits per heavy atom. The number of rotatable bonds is 4. The fraction of sp³-hybridized carbons (Fsp3) is 0.273. The Morgan fingerprint density at radius 3 is 2.70 bits per heavy atom. The molecular weight excluding hydrogens is 378 g/mol. The van der Waals surface area contributed by atoms with Crippen LogP contribution in [0.15, 0.2) is 55.2 Å². The zero-order valence-electron chi connectivity index (χ0n) is 16.7. The van der Waals surface area contributed by atoms with E-state index in [0.717, 1.165) is 47.8 Å². The average Bonchev–Trinajstić information content (AvgIpc) is 3.43. The lowest BCUT2D eigenvalue weighted by Crippen LogP contribution is -2.29. The topological polar surface area (TPSA) is 89.7 Å². The number of amides is 1. The van der Waals surface area contributed by atoms with E-state index in [9.17, 15) is 4.79 Å². The number of nitrogens with one attached hydrogen (secondary N) is 2. The van der Waals surface area contributed by atoms with Crippen molar-refractivity contribution in [3.63, 3.8) is 0 Å². The Morgan fingerprint density at radius 1 is 1.03 bits per heavy atom. The number of aromatic nitrogens is 5. The Labute approximate surface area is 173 Å². The van der Waals surface area contributed by atoms with Gasteiger partial charge in [-0.25, -0.2) is 4.98 Å². The molecule has 4 aromatic rings. The second-order valence-electron chi connectivity index (χ2n) is 7.68. The maximum atomic E-state index is 12.7. The molecule has 1 aliphatic rings. The number of hydrogen-bond donors (Lipinski definition) is 2. The largest absolute Gasteiger partial charge is 0.317 e. The highest BCUT2D eigenvalue weighted by molar-refractivity contribution is 6.04. The Hall–Kier alpha value is -3.52. The summed E-state index contributed by atoms with van der Waals surface area (Å²) in [6, 6.07) is 8.40. The molecule has 4 heterocycles. The minimum Gasteiger partial charge on any atom is -0.317 e. The molecule has 0 saturated carbocycles. The van der Waals surface area contributed by atoms with Gasteiger partial charge in [-0.1, -0.05) is 12.1 Å². The number of pyridine rings is 1. The minimum atomic E-state index is -0.203. The predicted octanol–water partition coefficient (Wildman–Crippen LogP) is 3.01. The molecule has 0 radical (unpaired) electrons. The van der Waals surface area contributed by atoms with Crippen molar-refractivity contribution >= 4 is 22.5 Å². The van der Waals surface area contributed by atoms with Gasteiger partial charge < -0.3 is 10.6 Å². The van der Waals surface area contributed by atoms with Crippen molar-refractivity contribution in [2.24, 2.45) is 7.05 Å². The number of benzene rings is 1. The first kappa shape index (κ1) is 18.5. The van der Waals surface area contributed by atoms with Crippen LogP contribution in [0.3, 0.4) is 0 Å². The molecule has 1 fully saturated rings. The SMILES string of the molecule is Cn1cc(-c2ccc3cnc(NC(=O)c4cnn(C5CCNCC5)c4)cc3c2)cn1. The summed E-state index contributed by atoms with van der Waals surface area (Å²) in [5.74, 6) is 0.316. The van der Waals surface area contributed by atoms with Crippen molar-refractivity contribution in [1.29, 1.82) is 0 Å². The van der Waals surface area contributed by atoms with Crippen LogP contribution in [0.1, 0.15) is 29.2 Å². The highest BCUT2D eigenvalue weighted by Gasteiger charge is 2.18. The van der Waals surface area contributed by atoms with Crippen LogP contribution in [0.4, 0.5) is 5.82 Å². The summed E-state index contributed by atoms with van der Waals surface area (Å²) >= 11 is 0. The molecule has 0 spiro atoms. The molecule has 8 heteroatoms. The molecule has 0 unspecified atom stereocenters. The van der Waals surface area contributed by atoms with E-state index in [1.807, 2.05) is 42.5 Å². The Bertz CT molecular complexity index is 1200. The molecule has 1 aliphatic heterocycles. The quantitative estimate of drug-likeness (QED) is 0.549. The second kappa shape index (κ2) is 7.72.